The molecule has 0 saturated heterocycles. The van der Waals surface area contributed by atoms with E-state index < -0.39 is 11.9 Å². The number of carboxylic acid groups (broad SMARTS) is 1. The van der Waals surface area contributed by atoms with Crippen molar-refractivity contribution in [1.29, 1.82) is 0 Å². The lowest BCUT2D eigenvalue weighted by molar-refractivity contribution is -0.138. The maximum atomic E-state index is 11.6. The van der Waals surface area contributed by atoms with Crippen LogP contribution in [0.5, 0.6) is 0 Å². The molecule has 2 rings (SSSR count). The van der Waals surface area contributed by atoms with Crippen LogP contribution < -0.4 is 0 Å². The number of rotatable bonds is 4. The molecule has 1 unspecified atom stereocenters. The predicted molar refractivity (Wildman–Crippen MR) is 84.1 cm³/mol. The molecule has 0 spiro atoms. The maximum Gasteiger partial charge on any atom is 0.311 e. The van der Waals surface area contributed by atoms with Gasteiger partial charge in [0.25, 0.3) is 0 Å². The molecule has 0 aliphatic heterocycles. The normalized spacial score (nSPS) is 12.2. The summed E-state index contributed by atoms with van der Waals surface area (Å²) in [6.45, 7) is 4.07. The van der Waals surface area contributed by atoms with Gasteiger partial charge in [-0.1, -0.05) is 57.4 Å². The molecule has 0 amide bonds. The Labute approximate surface area is 127 Å². The molecule has 3 heteroatoms. The van der Waals surface area contributed by atoms with Crippen LogP contribution in [0.2, 0.25) is 0 Å². The van der Waals surface area contributed by atoms with Crippen molar-refractivity contribution in [3.63, 3.8) is 0 Å². The van der Waals surface area contributed by atoms with Gasteiger partial charge in [-0.05, 0) is 43.5 Å². The Morgan fingerprint density at radius 3 is 2.35 bits per heavy atom. The van der Waals surface area contributed by atoms with Crippen LogP contribution in [0.4, 0.5) is 0 Å². The molecule has 2 nitrogen and oxygen atoms in total. The van der Waals surface area contributed by atoms with Gasteiger partial charge < -0.3 is 5.11 Å². The van der Waals surface area contributed by atoms with E-state index in [-0.39, 0.29) is 0 Å². The first-order chi connectivity index (χ1) is 9.45. The minimum atomic E-state index is -0.790. The minimum Gasteiger partial charge on any atom is -0.481 e. The Kier molecular flexibility index (Phi) is 4.61. The summed E-state index contributed by atoms with van der Waals surface area (Å²) in [5.41, 5.74) is 4.22. The van der Waals surface area contributed by atoms with Crippen LogP contribution in [-0.2, 0) is 11.2 Å². The van der Waals surface area contributed by atoms with E-state index in [1.54, 1.807) is 0 Å². The first-order valence-electron chi connectivity index (χ1n) is 6.51. The number of halogens is 1. The fourth-order valence-corrected chi connectivity index (χ4v) is 2.91. The zero-order chi connectivity index (χ0) is 14.7. The highest BCUT2D eigenvalue weighted by Crippen LogP contribution is 2.25. The highest BCUT2D eigenvalue weighted by molar-refractivity contribution is 9.10. The van der Waals surface area contributed by atoms with E-state index in [0.29, 0.717) is 6.42 Å². The molecule has 0 radical (unpaired) electrons. The van der Waals surface area contributed by atoms with Gasteiger partial charge in [-0.2, -0.15) is 0 Å². The maximum absolute atomic E-state index is 11.6. The van der Waals surface area contributed by atoms with E-state index in [1.807, 2.05) is 38.1 Å². The summed E-state index contributed by atoms with van der Waals surface area (Å²) in [5.74, 6) is -1.31. The molecular weight excluding hydrogens is 316 g/mol. The van der Waals surface area contributed by atoms with Crippen molar-refractivity contribution in [1.82, 2.24) is 0 Å². The molecule has 0 bridgehead atoms. The highest BCUT2D eigenvalue weighted by atomic mass is 79.9. The molecule has 1 atom stereocenters. The van der Waals surface area contributed by atoms with E-state index in [9.17, 15) is 9.90 Å². The summed E-state index contributed by atoms with van der Waals surface area (Å²) in [4.78, 5) is 11.6. The van der Waals surface area contributed by atoms with Gasteiger partial charge in [-0.25, -0.2) is 0 Å². The van der Waals surface area contributed by atoms with Crippen LogP contribution in [0.25, 0.3) is 0 Å². The molecule has 0 fully saturated rings. The van der Waals surface area contributed by atoms with Gasteiger partial charge in [0.1, 0.15) is 0 Å². The number of benzene rings is 2. The summed E-state index contributed by atoms with van der Waals surface area (Å²) in [7, 11) is 0. The van der Waals surface area contributed by atoms with Gasteiger partial charge >= 0.3 is 5.97 Å². The largest absolute Gasteiger partial charge is 0.481 e. The van der Waals surface area contributed by atoms with Crippen LogP contribution in [0.15, 0.2) is 46.9 Å². The smallest absolute Gasteiger partial charge is 0.311 e. The lowest BCUT2D eigenvalue weighted by atomic mass is 9.91. The Morgan fingerprint density at radius 1 is 1.15 bits per heavy atom. The second kappa shape index (κ2) is 6.23. The molecule has 0 aromatic heterocycles. The fourth-order valence-electron chi connectivity index (χ4n) is 2.49. The average Bonchev–Trinajstić information content (AvgIpc) is 2.34. The number of hydrogen-bond acceptors (Lipinski definition) is 1. The van der Waals surface area contributed by atoms with Crippen molar-refractivity contribution in [2.24, 2.45) is 0 Å². The Balaban J connectivity index is 2.33. The van der Waals surface area contributed by atoms with E-state index in [1.165, 1.54) is 11.1 Å². The van der Waals surface area contributed by atoms with Crippen LogP contribution in [0.1, 0.15) is 28.2 Å². The first kappa shape index (κ1) is 14.8. The summed E-state index contributed by atoms with van der Waals surface area (Å²) in [6, 6.07) is 13.7. The van der Waals surface area contributed by atoms with Gasteiger partial charge in [0.15, 0.2) is 0 Å². The topological polar surface area (TPSA) is 37.3 Å². The van der Waals surface area contributed by atoms with Crippen molar-refractivity contribution in [3.05, 3.63) is 69.2 Å². The van der Waals surface area contributed by atoms with Crippen LogP contribution in [-0.4, -0.2) is 11.1 Å². The Hall–Kier alpha value is -1.61. The van der Waals surface area contributed by atoms with Gasteiger partial charge in [0.2, 0.25) is 0 Å². The Morgan fingerprint density at radius 2 is 1.80 bits per heavy atom. The SMILES string of the molecule is Cc1cc(C)cc(CC(C(=O)O)c2cccc(Br)c2)c1. The molecule has 0 saturated carbocycles. The lowest BCUT2D eigenvalue weighted by Crippen LogP contribution is -2.14. The van der Waals surface area contributed by atoms with E-state index in [2.05, 4.69) is 34.1 Å². The van der Waals surface area contributed by atoms with E-state index in [0.717, 1.165) is 15.6 Å². The zero-order valence-electron chi connectivity index (χ0n) is 11.6. The predicted octanol–water partition coefficient (Wildman–Crippen LogP) is 4.48. The molecular formula is C17H17BrO2. The number of aryl methyl sites for hydroxylation is 2. The fraction of sp³-hybridized carbons (Fsp3) is 0.235. The van der Waals surface area contributed by atoms with Crippen LogP contribution in [0, 0.1) is 13.8 Å². The third-order valence-electron chi connectivity index (χ3n) is 3.27. The Bertz CT molecular complexity index is 614. The summed E-state index contributed by atoms with van der Waals surface area (Å²) in [6.07, 6.45) is 0.508. The van der Waals surface area contributed by atoms with Gasteiger partial charge in [0.05, 0.1) is 5.92 Å². The van der Waals surface area contributed by atoms with Crippen molar-refractivity contribution in [3.8, 4) is 0 Å². The standard InChI is InChI=1S/C17H17BrO2/c1-11-6-12(2)8-13(7-11)9-16(17(19)20)14-4-3-5-15(18)10-14/h3-8,10,16H,9H2,1-2H3,(H,19,20). The van der Waals surface area contributed by atoms with Gasteiger partial charge in [-0.15, -0.1) is 0 Å². The van der Waals surface area contributed by atoms with Gasteiger partial charge in [-0.3, -0.25) is 4.79 Å². The molecule has 0 aliphatic carbocycles. The number of aliphatic carboxylic acids is 1. The number of hydrogen-bond donors (Lipinski definition) is 1. The molecule has 2 aromatic rings. The van der Waals surface area contributed by atoms with Crippen LogP contribution in [0.3, 0.4) is 0 Å². The molecule has 0 heterocycles. The summed E-state index contributed by atoms with van der Waals surface area (Å²) >= 11 is 3.40. The third-order valence-corrected chi connectivity index (χ3v) is 3.76. The third kappa shape index (κ3) is 3.70. The molecule has 1 N–H and O–H groups in total. The van der Waals surface area contributed by atoms with Gasteiger partial charge in [0, 0.05) is 4.47 Å². The highest BCUT2D eigenvalue weighted by Gasteiger charge is 2.20. The summed E-state index contributed by atoms with van der Waals surface area (Å²) in [5, 5.41) is 9.50. The zero-order valence-corrected chi connectivity index (χ0v) is 13.1. The van der Waals surface area contributed by atoms with E-state index in [4.69, 9.17) is 0 Å². The van der Waals surface area contributed by atoms with E-state index >= 15 is 0 Å². The monoisotopic (exact) mass is 332 g/mol. The van der Waals surface area contributed by atoms with Crippen molar-refractivity contribution in [2.45, 2.75) is 26.2 Å². The van der Waals surface area contributed by atoms with Crippen molar-refractivity contribution in [2.75, 3.05) is 0 Å². The number of carboxylic acids is 1. The van der Waals surface area contributed by atoms with Crippen molar-refractivity contribution >= 4 is 21.9 Å². The minimum absolute atomic E-state index is 0.508. The average molecular weight is 333 g/mol. The molecule has 20 heavy (non-hydrogen) atoms. The summed E-state index contributed by atoms with van der Waals surface area (Å²) < 4.78 is 0.904. The lowest BCUT2D eigenvalue weighted by Gasteiger charge is -2.14. The quantitative estimate of drug-likeness (QED) is 0.896. The first-order valence-corrected chi connectivity index (χ1v) is 7.30. The second-order valence-corrected chi connectivity index (χ2v) is 6.06. The molecule has 2 aromatic carbocycles. The number of carbonyl (C=O) groups is 1. The molecule has 0 aliphatic rings. The molecule has 104 valence electrons. The van der Waals surface area contributed by atoms with Crippen molar-refractivity contribution < 1.29 is 9.90 Å². The second-order valence-electron chi connectivity index (χ2n) is 5.15. The van der Waals surface area contributed by atoms with Crippen LogP contribution >= 0.6 is 15.9 Å².